The number of nitrogens with zero attached hydrogens (tertiary/aromatic N) is 2. The molecule has 4 nitrogen and oxygen atoms in total. The summed E-state index contributed by atoms with van der Waals surface area (Å²) in [5.41, 5.74) is 1.69. The lowest BCUT2D eigenvalue weighted by molar-refractivity contribution is -0.138. The number of fused-ring (bicyclic) bond motifs is 2. The largest absolute Gasteiger partial charge is 0.481 e. The van der Waals surface area contributed by atoms with Crippen LogP contribution in [0.5, 0.6) is 0 Å². The predicted molar refractivity (Wildman–Crippen MR) is 83.1 cm³/mol. The summed E-state index contributed by atoms with van der Waals surface area (Å²) >= 11 is 3.41. The number of piperidine rings is 1. The minimum absolute atomic E-state index is 0.270. The van der Waals surface area contributed by atoms with Gasteiger partial charge in [0.1, 0.15) is 6.07 Å². The topological polar surface area (TPSA) is 64.3 Å². The molecule has 2 bridgehead atoms. The smallest absolute Gasteiger partial charge is 0.303 e. The summed E-state index contributed by atoms with van der Waals surface area (Å²) in [7, 11) is 0. The molecule has 0 spiro atoms. The molecule has 1 aromatic carbocycles. The Labute approximate surface area is 132 Å². The highest BCUT2D eigenvalue weighted by Gasteiger charge is 2.41. The van der Waals surface area contributed by atoms with E-state index in [0.29, 0.717) is 17.6 Å². The molecule has 0 aromatic heterocycles. The molecule has 0 radical (unpaired) electrons. The molecule has 2 aliphatic heterocycles. The quantitative estimate of drug-likeness (QED) is 0.907. The molecule has 2 atom stereocenters. The minimum Gasteiger partial charge on any atom is -0.481 e. The second kappa shape index (κ2) is 5.69. The molecule has 1 N–H and O–H groups in total. The van der Waals surface area contributed by atoms with Crippen LogP contribution in [0.1, 0.15) is 37.7 Å². The highest BCUT2D eigenvalue weighted by Crippen LogP contribution is 2.43. The second-order valence-corrected chi connectivity index (χ2v) is 6.92. The summed E-state index contributed by atoms with van der Waals surface area (Å²) in [6.45, 7) is 0. The monoisotopic (exact) mass is 348 g/mol. The first-order valence-corrected chi connectivity index (χ1v) is 8.07. The van der Waals surface area contributed by atoms with Crippen molar-refractivity contribution in [2.24, 2.45) is 5.92 Å². The number of nitriles is 1. The molecule has 2 aliphatic rings. The van der Waals surface area contributed by atoms with Crippen LogP contribution in [0.25, 0.3) is 0 Å². The lowest BCUT2D eigenvalue weighted by atomic mass is 9.87. The summed E-state index contributed by atoms with van der Waals surface area (Å²) in [4.78, 5) is 13.3. The standard InChI is InChI=1S/C16H17BrN2O2/c17-12-1-4-15(11(8-12)9-18)19-13-2-3-14(19)6-10(5-13)7-16(20)21/h1,4,8,10,13-14H,2-3,5-7H2,(H,20,21). The fourth-order valence-electron chi connectivity index (χ4n) is 3.92. The van der Waals surface area contributed by atoms with Crippen LogP contribution in [0, 0.1) is 17.2 Å². The van der Waals surface area contributed by atoms with Crippen LogP contribution in [-0.2, 0) is 4.79 Å². The van der Waals surface area contributed by atoms with Gasteiger partial charge in [-0.2, -0.15) is 5.26 Å². The van der Waals surface area contributed by atoms with Gasteiger partial charge in [0.25, 0.3) is 0 Å². The SMILES string of the molecule is N#Cc1cc(Br)ccc1N1C2CCC1CC(CC(=O)O)C2. The Balaban J connectivity index is 1.86. The molecule has 5 heteroatoms. The van der Waals surface area contributed by atoms with Crippen molar-refractivity contribution in [3.8, 4) is 6.07 Å². The van der Waals surface area contributed by atoms with E-state index in [2.05, 4.69) is 26.9 Å². The predicted octanol–water partition coefficient (Wildman–Crippen LogP) is 3.54. The van der Waals surface area contributed by atoms with Crippen LogP contribution in [0.2, 0.25) is 0 Å². The van der Waals surface area contributed by atoms with Gasteiger partial charge in [0.15, 0.2) is 0 Å². The molecule has 110 valence electrons. The third-order valence-corrected chi connectivity index (χ3v) is 5.14. The number of carboxylic acids is 1. The van der Waals surface area contributed by atoms with E-state index in [-0.39, 0.29) is 12.3 Å². The van der Waals surface area contributed by atoms with Gasteiger partial charge in [0.2, 0.25) is 0 Å². The van der Waals surface area contributed by atoms with E-state index < -0.39 is 5.97 Å². The van der Waals surface area contributed by atoms with Crippen LogP contribution in [0.15, 0.2) is 22.7 Å². The summed E-state index contributed by atoms with van der Waals surface area (Å²) < 4.78 is 0.913. The van der Waals surface area contributed by atoms with Gasteiger partial charge in [-0.3, -0.25) is 4.79 Å². The third-order valence-electron chi connectivity index (χ3n) is 4.65. The normalized spacial score (nSPS) is 27.4. The van der Waals surface area contributed by atoms with Crippen molar-refractivity contribution >= 4 is 27.6 Å². The van der Waals surface area contributed by atoms with Crippen molar-refractivity contribution < 1.29 is 9.90 Å². The fraction of sp³-hybridized carbons (Fsp3) is 0.500. The number of hydrogen-bond acceptors (Lipinski definition) is 3. The average molecular weight is 349 g/mol. The van der Waals surface area contributed by atoms with Gasteiger partial charge in [0.05, 0.1) is 11.3 Å². The molecule has 0 saturated carbocycles. The molecule has 0 amide bonds. The molecule has 2 fully saturated rings. The van der Waals surface area contributed by atoms with Gasteiger partial charge in [0, 0.05) is 23.0 Å². The zero-order valence-electron chi connectivity index (χ0n) is 11.6. The van der Waals surface area contributed by atoms with E-state index in [1.165, 1.54) is 0 Å². The van der Waals surface area contributed by atoms with E-state index in [1.54, 1.807) is 0 Å². The number of carbonyl (C=O) groups is 1. The van der Waals surface area contributed by atoms with E-state index in [1.807, 2.05) is 18.2 Å². The molecule has 2 unspecified atom stereocenters. The lowest BCUT2D eigenvalue weighted by Crippen LogP contribution is -2.43. The highest BCUT2D eigenvalue weighted by molar-refractivity contribution is 9.10. The van der Waals surface area contributed by atoms with Gasteiger partial charge in [-0.25, -0.2) is 0 Å². The zero-order chi connectivity index (χ0) is 15.0. The maximum Gasteiger partial charge on any atom is 0.303 e. The summed E-state index contributed by atoms with van der Waals surface area (Å²) in [6, 6.07) is 8.87. The van der Waals surface area contributed by atoms with Crippen molar-refractivity contribution in [2.75, 3.05) is 4.90 Å². The van der Waals surface area contributed by atoms with E-state index in [0.717, 1.165) is 35.8 Å². The maximum absolute atomic E-state index is 10.9. The summed E-state index contributed by atoms with van der Waals surface area (Å²) in [5.74, 6) is -0.425. The summed E-state index contributed by atoms with van der Waals surface area (Å²) in [5, 5.41) is 18.4. The third kappa shape index (κ3) is 2.77. The summed E-state index contributed by atoms with van der Waals surface area (Å²) in [6.07, 6.45) is 4.31. The number of anilines is 1. The zero-order valence-corrected chi connectivity index (χ0v) is 13.2. The highest BCUT2D eigenvalue weighted by atomic mass is 79.9. The van der Waals surface area contributed by atoms with Crippen molar-refractivity contribution in [1.29, 1.82) is 5.26 Å². The Hall–Kier alpha value is -1.54. The van der Waals surface area contributed by atoms with Crippen LogP contribution < -0.4 is 4.90 Å². The number of aliphatic carboxylic acids is 1. The lowest BCUT2D eigenvalue weighted by Gasteiger charge is -2.40. The molecule has 3 rings (SSSR count). The molecular formula is C16H17BrN2O2. The molecule has 2 heterocycles. The van der Waals surface area contributed by atoms with Crippen LogP contribution in [0.4, 0.5) is 5.69 Å². The Morgan fingerprint density at radius 1 is 1.38 bits per heavy atom. The van der Waals surface area contributed by atoms with Crippen LogP contribution in [-0.4, -0.2) is 23.2 Å². The molecule has 0 aliphatic carbocycles. The number of halogens is 1. The Bertz CT molecular complexity index is 597. The second-order valence-electron chi connectivity index (χ2n) is 6.00. The Morgan fingerprint density at radius 2 is 2.05 bits per heavy atom. The number of benzene rings is 1. The average Bonchev–Trinajstić information content (AvgIpc) is 2.69. The number of rotatable bonds is 3. The van der Waals surface area contributed by atoms with Crippen molar-refractivity contribution in [3.05, 3.63) is 28.2 Å². The Kier molecular flexibility index (Phi) is 3.90. The minimum atomic E-state index is -0.700. The first-order valence-electron chi connectivity index (χ1n) is 7.28. The van der Waals surface area contributed by atoms with E-state index in [4.69, 9.17) is 5.11 Å². The maximum atomic E-state index is 10.9. The molecule has 21 heavy (non-hydrogen) atoms. The van der Waals surface area contributed by atoms with Crippen molar-refractivity contribution in [1.82, 2.24) is 0 Å². The van der Waals surface area contributed by atoms with Crippen molar-refractivity contribution in [2.45, 2.75) is 44.2 Å². The van der Waals surface area contributed by atoms with Crippen molar-refractivity contribution in [3.63, 3.8) is 0 Å². The first kappa shape index (κ1) is 14.4. The molecule has 2 saturated heterocycles. The van der Waals surface area contributed by atoms with Gasteiger partial charge >= 0.3 is 5.97 Å². The Morgan fingerprint density at radius 3 is 2.62 bits per heavy atom. The van der Waals surface area contributed by atoms with Gasteiger partial charge < -0.3 is 10.0 Å². The van der Waals surface area contributed by atoms with E-state index >= 15 is 0 Å². The molecular weight excluding hydrogens is 332 g/mol. The fourth-order valence-corrected chi connectivity index (χ4v) is 4.28. The first-order chi connectivity index (χ1) is 10.1. The van der Waals surface area contributed by atoms with Gasteiger partial charge in [-0.15, -0.1) is 0 Å². The van der Waals surface area contributed by atoms with Crippen LogP contribution >= 0.6 is 15.9 Å². The van der Waals surface area contributed by atoms with E-state index in [9.17, 15) is 10.1 Å². The molecule has 1 aromatic rings. The number of hydrogen-bond donors (Lipinski definition) is 1. The van der Waals surface area contributed by atoms with Crippen LogP contribution in [0.3, 0.4) is 0 Å². The van der Waals surface area contributed by atoms with Gasteiger partial charge in [-0.05, 0) is 49.8 Å². The van der Waals surface area contributed by atoms with Gasteiger partial charge in [-0.1, -0.05) is 15.9 Å². The number of carboxylic acid groups (broad SMARTS) is 1.